The predicted octanol–water partition coefficient (Wildman–Crippen LogP) is 1.90. The maximum Gasteiger partial charge on any atom is 0.258 e. The number of imidazole rings is 1. The molecule has 1 rings (SSSR count). The Morgan fingerprint density at radius 1 is 1.29 bits per heavy atom. The van der Waals surface area contributed by atoms with Gasteiger partial charge >= 0.3 is 0 Å². The standard InChI is InChI=1S/C11H21N3O2S/c1-10(2,3)7-11(4,5)14-17(15,16)9-6-12-8-13-9/h6,8,14H,7H2,1-5H3,(H,12,13). The normalized spacial score (nSPS) is 13.9. The first-order valence-corrected chi connectivity index (χ1v) is 7.03. The summed E-state index contributed by atoms with van der Waals surface area (Å²) >= 11 is 0. The molecule has 17 heavy (non-hydrogen) atoms. The van der Waals surface area contributed by atoms with Gasteiger partial charge in [0.25, 0.3) is 10.0 Å². The number of hydrogen-bond acceptors (Lipinski definition) is 3. The molecule has 98 valence electrons. The van der Waals surface area contributed by atoms with Crippen LogP contribution in [0.25, 0.3) is 0 Å². The van der Waals surface area contributed by atoms with E-state index in [1.54, 1.807) is 0 Å². The van der Waals surface area contributed by atoms with E-state index in [-0.39, 0.29) is 10.4 Å². The Hall–Kier alpha value is -0.880. The zero-order chi connectivity index (χ0) is 13.3. The van der Waals surface area contributed by atoms with Crippen molar-refractivity contribution in [3.05, 3.63) is 12.5 Å². The molecule has 1 aromatic rings. The Kier molecular flexibility index (Phi) is 3.69. The zero-order valence-corrected chi connectivity index (χ0v) is 11.9. The fourth-order valence-electron chi connectivity index (χ4n) is 2.17. The molecule has 0 spiro atoms. The molecule has 0 aliphatic heterocycles. The molecule has 1 aromatic heterocycles. The van der Waals surface area contributed by atoms with Crippen molar-refractivity contribution in [1.82, 2.24) is 14.7 Å². The van der Waals surface area contributed by atoms with Gasteiger partial charge in [0.15, 0.2) is 5.03 Å². The fraction of sp³-hybridized carbons (Fsp3) is 0.727. The van der Waals surface area contributed by atoms with Crippen molar-refractivity contribution in [1.29, 1.82) is 0 Å². The number of hydrogen-bond donors (Lipinski definition) is 2. The molecule has 0 bridgehead atoms. The van der Waals surface area contributed by atoms with Crippen LogP contribution in [0.3, 0.4) is 0 Å². The van der Waals surface area contributed by atoms with Crippen LogP contribution in [-0.4, -0.2) is 23.9 Å². The Bertz CT molecular complexity index is 455. The van der Waals surface area contributed by atoms with Crippen molar-refractivity contribution >= 4 is 10.0 Å². The topological polar surface area (TPSA) is 74.8 Å². The largest absolute Gasteiger partial charge is 0.335 e. The highest BCUT2D eigenvalue weighted by Gasteiger charge is 2.30. The summed E-state index contributed by atoms with van der Waals surface area (Å²) in [6.45, 7) is 10.0. The molecule has 0 fully saturated rings. The molecule has 0 saturated heterocycles. The summed E-state index contributed by atoms with van der Waals surface area (Å²) in [7, 11) is -3.52. The fourth-order valence-corrected chi connectivity index (χ4v) is 3.49. The third-order valence-electron chi connectivity index (χ3n) is 2.15. The number of aromatic amines is 1. The van der Waals surface area contributed by atoms with Gasteiger partial charge in [0.2, 0.25) is 0 Å². The average Bonchev–Trinajstić information content (AvgIpc) is 2.46. The molecule has 5 nitrogen and oxygen atoms in total. The van der Waals surface area contributed by atoms with Gasteiger partial charge in [0.1, 0.15) is 0 Å². The zero-order valence-electron chi connectivity index (χ0n) is 11.0. The number of rotatable bonds is 4. The van der Waals surface area contributed by atoms with Crippen LogP contribution in [0.5, 0.6) is 0 Å². The lowest BCUT2D eigenvalue weighted by Crippen LogP contribution is -2.45. The maximum atomic E-state index is 12.0. The van der Waals surface area contributed by atoms with Gasteiger partial charge in [-0.1, -0.05) is 20.8 Å². The van der Waals surface area contributed by atoms with E-state index in [1.807, 2.05) is 13.8 Å². The summed E-state index contributed by atoms with van der Waals surface area (Å²) in [5, 5.41) is 0.0967. The first-order chi connectivity index (χ1) is 7.52. The quantitative estimate of drug-likeness (QED) is 0.867. The molecule has 0 aliphatic carbocycles. The van der Waals surface area contributed by atoms with Gasteiger partial charge in [-0.3, -0.25) is 0 Å². The second kappa shape index (κ2) is 4.42. The summed E-state index contributed by atoms with van der Waals surface area (Å²) in [4.78, 5) is 6.32. The van der Waals surface area contributed by atoms with E-state index < -0.39 is 15.6 Å². The highest BCUT2D eigenvalue weighted by atomic mass is 32.2. The minimum Gasteiger partial charge on any atom is -0.335 e. The lowest BCUT2D eigenvalue weighted by atomic mass is 9.82. The van der Waals surface area contributed by atoms with E-state index in [0.717, 1.165) is 6.42 Å². The molecule has 1 heterocycles. The van der Waals surface area contributed by atoms with Crippen molar-refractivity contribution in [2.45, 2.75) is 51.6 Å². The monoisotopic (exact) mass is 259 g/mol. The van der Waals surface area contributed by atoms with Gasteiger partial charge in [-0.25, -0.2) is 18.1 Å². The highest BCUT2D eigenvalue weighted by Crippen LogP contribution is 2.27. The first-order valence-electron chi connectivity index (χ1n) is 5.54. The van der Waals surface area contributed by atoms with E-state index >= 15 is 0 Å². The lowest BCUT2D eigenvalue weighted by Gasteiger charge is -2.32. The minimum atomic E-state index is -3.52. The molecule has 0 saturated carbocycles. The second-order valence-corrected chi connectivity index (χ2v) is 7.79. The van der Waals surface area contributed by atoms with Gasteiger partial charge in [-0.2, -0.15) is 0 Å². The van der Waals surface area contributed by atoms with E-state index in [9.17, 15) is 8.42 Å². The molecule has 0 radical (unpaired) electrons. The molecule has 0 aliphatic rings. The number of nitrogens with one attached hydrogen (secondary N) is 2. The van der Waals surface area contributed by atoms with Crippen molar-refractivity contribution in [2.75, 3.05) is 0 Å². The van der Waals surface area contributed by atoms with Crippen molar-refractivity contribution in [2.24, 2.45) is 5.41 Å². The van der Waals surface area contributed by atoms with Gasteiger partial charge < -0.3 is 4.98 Å². The van der Waals surface area contributed by atoms with Crippen LogP contribution in [0, 0.1) is 5.41 Å². The molecule has 0 amide bonds. The van der Waals surface area contributed by atoms with Crippen molar-refractivity contribution in [3.8, 4) is 0 Å². The van der Waals surface area contributed by atoms with Crippen LogP contribution in [0.15, 0.2) is 17.6 Å². The number of nitrogens with zero attached hydrogens (tertiary/aromatic N) is 1. The third kappa shape index (κ3) is 4.47. The van der Waals surface area contributed by atoms with Gasteiger partial charge in [-0.15, -0.1) is 0 Å². The van der Waals surface area contributed by atoms with E-state index in [4.69, 9.17) is 0 Å². The molecule has 0 atom stereocenters. The van der Waals surface area contributed by atoms with Gasteiger partial charge in [0.05, 0.1) is 12.5 Å². The summed E-state index contributed by atoms with van der Waals surface area (Å²) in [6, 6.07) is 0. The Morgan fingerprint density at radius 3 is 2.29 bits per heavy atom. The Morgan fingerprint density at radius 2 is 1.88 bits per heavy atom. The maximum absolute atomic E-state index is 12.0. The predicted molar refractivity (Wildman–Crippen MR) is 67.1 cm³/mol. The van der Waals surface area contributed by atoms with Gasteiger partial charge in [-0.05, 0) is 25.7 Å². The van der Waals surface area contributed by atoms with Crippen LogP contribution < -0.4 is 4.72 Å². The summed E-state index contributed by atoms with van der Waals surface area (Å²) < 4.78 is 26.7. The summed E-state index contributed by atoms with van der Waals surface area (Å²) in [6.07, 6.45) is 3.40. The van der Waals surface area contributed by atoms with Crippen LogP contribution >= 0.6 is 0 Å². The Balaban J connectivity index is 2.84. The summed E-state index contributed by atoms with van der Waals surface area (Å²) in [5.74, 6) is 0. The molecule has 0 aromatic carbocycles. The average molecular weight is 259 g/mol. The third-order valence-corrected chi connectivity index (χ3v) is 3.77. The highest BCUT2D eigenvalue weighted by molar-refractivity contribution is 7.89. The van der Waals surface area contributed by atoms with Crippen LogP contribution in [-0.2, 0) is 10.0 Å². The number of aromatic nitrogens is 2. The second-order valence-electron chi connectivity index (χ2n) is 6.14. The van der Waals surface area contributed by atoms with Crippen LogP contribution in [0.1, 0.15) is 41.0 Å². The lowest BCUT2D eigenvalue weighted by molar-refractivity contribution is 0.269. The smallest absolute Gasteiger partial charge is 0.258 e. The molecular weight excluding hydrogens is 238 g/mol. The van der Waals surface area contributed by atoms with E-state index in [2.05, 4.69) is 35.5 Å². The van der Waals surface area contributed by atoms with Crippen LogP contribution in [0.2, 0.25) is 0 Å². The number of sulfonamides is 1. The Labute approximate surface area is 103 Å². The minimum absolute atomic E-state index is 0.0556. The summed E-state index contributed by atoms with van der Waals surface area (Å²) in [5.41, 5.74) is -0.442. The molecule has 2 N–H and O–H groups in total. The molecule has 0 unspecified atom stereocenters. The molecular formula is C11H21N3O2S. The van der Waals surface area contributed by atoms with Crippen LogP contribution in [0.4, 0.5) is 0 Å². The van der Waals surface area contributed by atoms with E-state index in [0.29, 0.717) is 0 Å². The van der Waals surface area contributed by atoms with Crippen molar-refractivity contribution < 1.29 is 8.42 Å². The first kappa shape index (κ1) is 14.2. The molecule has 6 heteroatoms. The van der Waals surface area contributed by atoms with Crippen molar-refractivity contribution in [3.63, 3.8) is 0 Å². The van der Waals surface area contributed by atoms with E-state index in [1.165, 1.54) is 12.5 Å². The number of H-pyrrole nitrogens is 1. The SMILES string of the molecule is CC(C)(C)CC(C)(C)NS(=O)(=O)c1cnc[nH]1. The van der Waals surface area contributed by atoms with Gasteiger partial charge in [0, 0.05) is 5.54 Å².